The summed E-state index contributed by atoms with van der Waals surface area (Å²) in [6, 6.07) is 5.27. The molecule has 0 bridgehead atoms. The van der Waals surface area contributed by atoms with E-state index in [2.05, 4.69) is 15.9 Å². The molecule has 0 atom stereocenters. The molecule has 0 N–H and O–H groups in total. The van der Waals surface area contributed by atoms with Gasteiger partial charge in [0.2, 0.25) is 0 Å². The Morgan fingerprint density at radius 2 is 1.86 bits per heavy atom. The molecule has 21 heavy (non-hydrogen) atoms. The fraction of sp³-hybridized carbons (Fsp3) is 0.429. The van der Waals surface area contributed by atoms with Crippen LogP contribution in [0.25, 0.3) is 0 Å². The van der Waals surface area contributed by atoms with E-state index in [0.717, 1.165) is 0 Å². The van der Waals surface area contributed by atoms with Crippen LogP contribution in [0.5, 0.6) is 0 Å². The third-order valence-electron chi connectivity index (χ3n) is 3.27. The lowest BCUT2D eigenvalue weighted by Crippen LogP contribution is -2.50. The van der Waals surface area contributed by atoms with Crippen molar-refractivity contribution in [1.29, 1.82) is 0 Å². The molecule has 7 heteroatoms. The van der Waals surface area contributed by atoms with Crippen LogP contribution >= 0.6 is 27.5 Å². The second-order valence-corrected chi connectivity index (χ2v) is 5.81. The molecule has 1 saturated heterocycles. The third kappa shape index (κ3) is 3.68. The number of amides is 2. The van der Waals surface area contributed by atoms with Gasteiger partial charge in [0.05, 0.1) is 17.2 Å². The van der Waals surface area contributed by atoms with Crippen LogP contribution in [0.3, 0.4) is 0 Å². The number of benzene rings is 1. The summed E-state index contributed by atoms with van der Waals surface area (Å²) in [7, 11) is 0. The van der Waals surface area contributed by atoms with E-state index in [1.54, 1.807) is 34.9 Å². The van der Waals surface area contributed by atoms with Crippen molar-refractivity contribution in [3.63, 3.8) is 0 Å². The fourth-order valence-corrected chi connectivity index (χ4v) is 2.72. The van der Waals surface area contributed by atoms with Gasteiger partial charge in [0.15, 0.2) is 0 Å². The minimum atomic E-state index is -0.329. The molecule has 0 aromatic heterocycles. The van der Waals surface area contributed by atoms with Crippen LogP contribution in [-0.2, 0) is 4.74 Å². The first-order valence-electron chi connectivity index (χ1n) is 6.69. The van der Waals surface area contributed by atoms with Gasteiger partial charge >= 0.3 is 6.09 Å². The number of piperazine rings is 1. The lowest BCUT2D eigenvalue weighted by molar-refractivity contribution is 0.0570. The number of halogens is 2. The highest BCUT2D eigenvalue weighted by Gasteiger charge is 2.26. The third-order valence-corrected chi connectivity index (χ3v) is 4.57. The van der Waals surface area contributed by atoms with Gasteiger partial charge in [0.1, 0.15) is 0 Å². The van der Waals surface area contributed by atoms with Gasteiger partial charge in [-0.2, -0.15) is 0 Å². The molecule has 0 saturated carbocycles. The molecule has 114 valence electrons. The molecule has 1 aromatic carbocycles. The average molecular weight is 376 g/mol. The number of nitrogens with zero attached hydrogens (tertiary/aromatic N) is 2. The molecule has 1 aliphatic rings. The summed E-state index contributed by atoms with van der Waals surface area (Å²) in [4.78, 5) is 27.4. The minimum Gasteiger partial charge on any atom is -0.450 e. The molecule has 0 radical (unpaired) electrons. The van der Waals surface area contributed by atoms with Crippen molar-refractivity contribution >= 4 is 39.5 Å². The monoisotopic (exact) mass is 374 g/mol. The van der Waals surface area contributed by atoms with E-state index in [4.69, 9.17) is 16.3 Å². The highest BCUT2D eigenvalue weighted by atomic mass is 79.9. The second kappa shape index (κ2) is 7.13. The zero-order valence-electron chi connectivity index (χ0n) is 11.6. The van der Waals surface area contributed by atoms with Crippen LogP contribution < -0.4 is 0 Å². The lowest BCUT2D eigenvalue weighted by Gasteiger charge is -2.34. The number of hydrogen-bond donors (Lipinski definition) is 0. The van der Waals surface area contributed by atoms with E-state index in [9.17, 15) is 9.59 Å². The van der Waals surface area contributed by atoms with Gasteiger partial charge in [0, 0.05) is 30.7 Å². The first kappa shape index (κ1) is 16.1. The molecule has 5 nitrogen and oxygen atoms in total. The smallest absolute Gasteiger partial charge is 0.409 e. The topological polar surface area (TPSA) is 49.9 Å². The second-order valence-electron chi connectivity index (χ2n) is 4.58. The van der Waals surface area contributed by atoms with Crippen LogP contribution in [0.1, 0.15) is 17.3 Å². The van der Waals surface area contributed by atoms with Crippen LogP contribution in [0, 0.1) is 0 Å². The number of hydrogen-bond acceptors (Lipinski definition) is 3. The Kier molecular flexibility index (Phi) is 5.47. The van der Waals surface area contributed by atoms with Crippen molar-refractivity contribution in [2.24, 2.45) is 0 Å². The van der Waals surface area contributed by atoms with Gasteiger partial charge < -0.3 is 14.5 Å². The molecule has 1 aliphatic heterocycles. The van der Waals surface area contributed by atoms with Crippen LogP contribution in [0.15, 0.2) is 22.7 Å². The Morgan fingerprint density at radius 1 is 1.24 bits per heavy atom. The maximum Gasteiger partial charge on any atom is 0.409 e. The largest absolute Gasteiger partial charge is 0.450 e. The molecule has 1 aromatic rings. The maximum atomic E-state index is 12.5. The normalized spacial score (nSPS) is 15.0. The molecule has 0 spiro atoms. The van der Waals surface area contributed by atoms with E-state index in [0.29, 0.717) is 47.8 Å². The number of ether oxygens (including phenoxy) is 1. The molecular weight excluding hydrogens is 360 g/mol. The average Bonchev–Trinajstić information content (AvgIpc) is 2.50. The Labute approximate surface area is 136 Å². The first-order chi connectivity index (χ1) is 10.0. The van der Waals surface area contributed by atoms with Crippen molar-refractivity contribution in [3.8, 4) is 0 Å². The summed E-state index contributed by atoms with van der Waals surface area (Å²) in [5, 5.41) is 0.412. The predicted molar refractivity (Wildman–Crippen MR) is 83.7 cm³/mol. The Balaban J connectivity index is 2.00. The van der Waals surface area contributed by atoms with Crippen LogP contribution in [-0.4, -0.2) is 54.6 Å². The molecule has 2 rings (SSSR count). The summed E-state index contributed by atoms with van der Waals surface area (Å²) in [6.45, 7) is 4.01. The van der Waals surface area contributed by atoms with Gasteiger partial charge in [-0.3, -0.25) is 4.79 Å². The van der Waals surface area contributed by atoms with Gasteiger partial charge in [-0.25, -0.2) is 4.79 Å². The molecule has 1 fully saturated rings. The van der Waals surface area contributed by atoms with E-state index >= 15 is 0 Å². The highest BCUT2D eigenvalue weighted by molar-refractivity contribution is 9.10. The van der Waals surface area contributed by atoms with Crippen molar-refractivity contribution in [2.75, 3.05) is 32.8 Å². The van der Waals surface area contributed by atoms with Gasteiger partial charge in [-0.15, -0.1) is 0 Å². The molecule has 1 heterocycles. The maximum absolute atomic E-state index is 12.5. The van der Waals surface area contributed by atoms with E-state index in [1.165, 1.54) is 0 Å². The number of rotatable bonds is 2. The summed E-state index contributed by atoms with van der Waals surface area (Å²) in [5.74, 6) is -0.121. The highest BCUT2D eigenvalue weighted by Crippen LogP contribution is 2.27. The van der Waals surface area contributed by atoms with Gasteiger partial charge in [-0.1, -0.05) is 17.7 Å². The van der Waals surface area contributed by atoms with Gasteiger partial charge in [0.25, 0.3) is 5.91 Å². The summed E-state index contributed by atoms with van der Waals surface area (Å²) >= 11 is 9.46. The standard InChI is InChI=1S/C14H16BrClN2O3/c1-2-21-14(20)18-8-6-17(7-9-18)13(19)10-4-3-5-11(15)12(10)16/h3-5H,2,6-9H2,1H3. The molecule has 2 amide bonds. The zero-order valence-corrected chi connectivity index (χ0v) is 14.0. The van der Waals surface area contributed by atoms with Crippen molar-refractivity contribution in [2.45, 2.75) is 6.92 Å². The van der Waals surface area contributed by atoms with Crippen molar-refractivity contribution in [1.82, 2.24) is 9.80 Å². The van der Waals surface area contributed by atoms with Gasteiger partial charge in [-0.05, 0) is 35.0 Å². The molecule has 0 aliphatic carbocycles. The summed E-state index contributed by atoms with van der Waals surface area (Å²) in [5.41, 5.74) is 0.468. The van der Waals surface area contributed by atoms with Crippen molar-refractivity contribution in [3.05, 3.63) is 33.3 Å². The quantitative estimate of drug-likeness (QED) is 0.798. The SMILES string of the molecule is CCOC(=O)N1CCN(C(=O)c2cccc(Br)c2Cl)CC1. The van der Waals surface area contributed by atoms with E-state index in [-0.39, 0.29) is 12.0 Å². The Bertz CT molecular complexity index is 545. The van der Waals surface area contributed by atoms with Crippen LogP contribution in [0.2, 0.25) is 5.02 Å². The van der Waals surface area contributed by atoms with Crippen molar-refractivity contribution < 1.29 is 14.3 Å². The number of carbonyl (C=O) groups is 2. The van der Waals surface area contributed by atoms with E-state index < -0.39 is 0 Å². The Morgan fingerprint density at radius 3 is 2.48 bits per heavy atom. The molecule has 0 unspecified atom stereocenters. The lowest BCUT2D eigenvalue weighted by atomic mass is 10.2. The summed E-state index contributed by atoms with van der Waals surface area (Å²) < 4.78 is 5.65. The predicted octanol–water partition coefficient (Wildman–Crippen LogP) is 3.02. The number of carbonyl (C=O) groups excluding carboxylic acids is 2. The summed E-state index contributed by atoms with van der Waals surface area (Å²) in [6.07, 6.45) is -0.329. The molecular formula is C14H16BrClN2O3. The minimum absolute atomic E-state index is 0.121. The fourth-order valence-electron chi connectivity index (χ4n) is 2.15. The first-order valence-corrected chi connectivity index (χ1v) is 7.86. The van der Waals surface area contributed by atoms with E-state index in [1.807, 2.05) is 0 Å². The van der Waals surface area contributed by atoms with Crippen LogP contribution in [0.4, 0.5) is 4.79 Å². The zero-order chi connectivity index (χ0) is 15.4. The Hall–Kier alpha value is -1.27.